The second kappa shape index (κ2) is 9.06. The molecule has 0 aromatic carbocycles. The summed E-state index contributed by atoms with van der Waals surface area (Å²) in [5.74, 6) is 0. The lowest BCUT2D eigenvalue weighted by Crippen LogP contribution is -2.28. The van der Waals surface area contributed by atoms with Crippen molar-refractivity contribution in [2.24, 2.45) is 0 Å². The minimum atomic E-state index is 0. The van der Waals surface area contributed by atoms with Gasteiger partial charge < -0.3 is 4.74 Å². The fraction of sp³-hybridized carbons (Fsp3) is 1.00. The third-order valence-corrected chi connectivity index (χ3v) is 1.39. The van der Waals surface area contributed by atoms with Gasteiger partial charge in [-0.15, -0.1) is 0 Å². The van der Waals surface area contributed by atoms with Gasteiger partial charge in [0.2, 0.25) is 0 Å². The van der Waals surface area contributed by atoms with Crippen LogP contribution in [0.3, 0.4) is 0 Å². The van der Waals surface area contributed by atoms with Gasteiger partial charge in [-0.25, -0.2) is 4.31 Å². The molecule has 6 heteroatoms. The molecule has 0 N–H and O–H groups in total. The maximum absolute atomic E-state index is 5.05. The van der Waals surface area contributed by atoms with Gasteiger partial charge in [-0.2, -0.15) is 0 Å². The van der Waals surface area contributed by atoms with E-state index in [4.69, 9.17) is 4.74 Å². The van der Waals surface area contributed by atoms with Crippen molar-refractivity contribution in [3.05, 3.63) is 0 Å². The molecule has 0 aromatic rings. The molecule has 0 radical (unpaired) electrons. The largest absolute Gasteiger partial charge is 0.379 e. The van der Waals surface area contributed by atoms with E-state index in [9.17, 15) is 0 Å². The Bertz CT molecular complexity index is 62.5. The summed E-state index contributed by atoms with van der Waals surface area (Å²) in [4.78, 5) is 0. The van der Waals surface area contributed by atoms with E-state index in [1.54, 1.807) is 0 Å². The number of hydrogen-bond acceptors (Lipinski definition) is 3. The number of ether oxygens (including phenoxy) is 1. The van der Waals surface area contributed by atoms with Crippen molar-refractivity contribution in [2.75, 3.05) is 26.3 Å². The van der Waals surface area contributed by atoms with Crippen molar-refractivity contribution >= 4 is 12.8 Å². The van der Waals surface area contributed by atoms with E-state index in [1.807, 2.05) is 4.31 Å². The van der Waals surface area contributed by atoms with Gasteiger partial charge in [0.1, 0.15) is 0 Å². The van der Waals surface area contributed by atoms with Crippen LogP contribution in [0.15, 0.2) is 0 Å². The highest BCUT2D eigenvalue weighted by molar-refractivity contribution is 7.77. The van der Waals surface area contributed by atoms with Crippen molar-refractivity contribution < 1.29 is 18.9 Å². The van der Waals surface area contributed by atoms with Gasteiger partial charge in [-0.1, -0.05) is 12.8 Å². The lowest BCUT2D eigenvalue weighted by Gasteiger charge is -2.19. The van der Waals surface area contributed by atoms with Gasteiger partial charge in [0.05, 0.1) is 13.2 Å². The van der Waals surface area contributed by atoms with Crippen LogP contribution in [-0.4, -0.2) is 30.6 Å². The Kier molecular flexibility index (Phi) is 15.0. The first-order chi connectivity index (χ1) is 3.39. The van der Waals surface area contributed by atoms with Gasteiger partial charge in [-0.3, -0.25) is 14.1 Å². The molecule has 0 spiro atoms. The van der Waals surface area contributed by atoms with Crippen LogP contribution in [0.1, 0.15) is 0 Å². The zero-order valence-corrected chi connectivity index (χ0v) is 6.25. The predicted molar refractivity (Wildman–Crippen MR) is 38.9 cm³/mol. The fourth-order valence-electron chi connectivity index (χ4n) is 0.554. The highest BCUT2D eigenvalue weighted by atomic mass is 32.1. The van der Waals surface area contributed by atoms with Crippen LogP contribution in [0.2, 0.25) is 0 Å². The Balaban J connectivity index is -0.000000163. The van der Waals surface area contributed by atoms with Gasteiger partial charge in [0.25, 0.3) is 0 Å². The Hall–Kier alpha value is 0.0600. The first-order valence-corrected chi connectivity index (χ1v) is 2.81. The summed E-state index contributed by atoms with van der Waals surface area (Å²) in [6.07, 6.45) is 0. The van der Waals surface area contributed by atoms with E-state index in [1.165, 1.54) is 0 Å². The van der Waals surface area contributed by atoms with Crippen LogP contribution >= 0.6 is 12.8 Å². The minimum absolute atomic E-state index is 0. The standard InChI is InChI=1S/C4H9NOS.3FH/c7-5-1-3-6-4-2-5;;;/h7H,1-4H2;3*1H. The molecule has 0 aliphatic carbocycles. The Morgan fingerprint density at radius 2 is 1.40 bits per heavy atom. The molecule has 0 aromatic heterocycles. The van der Waals surface area contributed by atoms with Crippen LogP contribution < -0.4 is 0 Å². The Morgan fingerprint density at radius 3 is 1.60 bits per heavy atom. The molecule has 10 heavy (non-hydrogen) atoms. The fourth-order valence-corrected chi connectivity index (χ4v) is 0.717. The maximum Gasteiger partial charge on any atom is 0.0603 e. The van der Waals surface area contributed by atoms with E-state index < -0.39 is 0 Å². The third-order valence-electron chi connectivity index (χ3n) is 0.987. The topological polar surface area (TPSA) is 12.5 Å². The van der Waals surface area contributed by atoms with Gasteiger partial charge in [0.15, 0.2) is 0 Å². The van der Waals surface area contributed by atoms with E-state index in [2.05, 4.69) is 12.8 Å². The van der Waals surface area contributed by atoms with Gasteiger partial charge >= 0.3 is 0 Å². The van der Waals surface area contributed by atoms with E-state index in [-0.39, 0.29) is 14.1 Å². The number of thiol groups is 1. The molecule has 66 valence electrons. The monoisotopic (exact) mass is 179 g/mol. The maximum atomic E-state index is 5.05. The molecule has 1 fully saturated rings. The highest BCUT2D eigenvalue weighted by Gasteiger charge is 2.03. The quantitative estimate of drug-likeness (QED) is 0.547. The van der Waals surface area contributed by atoms with Crippen molar-refractivity contribution in [2.45, 2.75) is 0 Å². The molecule has 1 aliphatic heterocycles. The summed E-state index contributed by atoms with van der Waals surface area (Å²) in [5, 5.41) is 0. The van der Waals surface area contributed by atoms with Crippen molar-refractivity contribution in [1.82, 2.24) is 4.31 Å². The lowest BCUT2D eigenvalue weighted by molar-refractivity contribution is 0.0781. The van der Waals surface area contributed by atoms with Crippen molar-refractivity contribution in [3.8, 4) is 0 Å². The van der Waals surface area contributed by atoms with Crippen LogP contribution in [0.25, 0.3) is 0 Å². The Labute approximate surface area is 63.2 Å². The molecule has 1 aliphatic rings. The molecule has 2 nitrogen and oxygen atoms in total. The Morgan fingerprint density at radius 1 is 1.00 bits per heavy atom. The van der Waals surface area contributed by atoms with Crippen LogP contribution in [0.5, 0.6) is 0 Å². The summed E-state index contributed by atoms with van der Waals surface area (Å²) >= 11 is 4.11. The van der Waals surface area contributed by atoms with Crippen molar-refractivity contribution in [3.63, 3.8) is 0 Å². The van der Waals surface area contributed by atoms with Gasteiger partial charge in [-0.05, 0) is 0 Å². The molecule has 0 unspecified atom stereocenters. The second-order valence-electron chi connectivity index (χ2n) is 1.57. The molecule has 1 saturated heterocycles. The van der Waals surface area contributed by atoms with E-state index >= 15 is 0 Å². The number of morpholine rings is 1. The molecular weight excluding hydrogens is 167 g/mol. The highest BCUT2D eigenvalue weighted by Crippen LogP contribution is 1.97. The third kappa shape index (κ3) is 6.18. The summed E-state index contributed by atoms with van der Waals surface area (Å²) in [5.41, 5.74) is 0. The molecule has 0 atom stereocenters. The molecule has 0 saturated carbocycles. The molecule has 1 rings (SSSR count). The zero-order chi connectivity index (χ0) is 5.11. The van der Waals surface area contributed by atoms with Crippen LogP contribution in [0, 0.1) is 0 Å². The average Bonchev–Trinajstić information content (AvgIpc) is 1.69. The van der Waals surface area contributed by atoms with Gasteiger partial charge in [0, 0.05) is 13.1 Å². The zero-order valence-electron chi connectivity index (χ0n) is 5.36. The average molecular weight is 179 g/mol. The lowest BCUT2D eigenvalue weighted by atomic mass is 10.5. The normalized spacial score (nSPS) is 17.7. The summed E-state index contributed by atoms with van der Waals surface area (Å²) in [6.45, 7) is 3.60. The summed E-state index contributed by atoms with van der Waals surface area (Å²) in [6, 6.07) is 0. The summed E-state index contributed by atoms with van der Waals surface area (Å²) < 4.78 is 7.01. The summed E-state index contributed by atoms with van der Waals surface area (Å²) in [7, 11) is 0. The SMILES string of the molecule is F.F.F.SN1CCOCC1. The predicted octanol–water partition coefficient (Wildman–Crippen LogP) is 0.621. The van der Waals surface area contributed by atoms with Crippen LogP contribution in [0.4, 0.5) is 14.1 Å². The molecular formula is C4H12F3NOS. The first kappa shape index (κ1) is 16.6. The number of nitrogens with zero attached hydrogens (tertiary/aromatic N) is 1. The number of halogens is 3. The van der Waals surface area contributed by atoms with Crippen LogP contribution in [-0.2, 0) is 4.74 Å². The van der Waals surface area contributed by atoms with Crippen molar-refractivity contribution in [1.29, 1.82) is 0 Å². The number of hydrogen-bond donors (Lipinski definition) is 1. The second-order valence-corrected chi connectivity index (χ2v) is 2.13. The van der Waals surface area contributed by atoms with E-state index in [0.717, 1.165) is 26.3 Å². The molecule has 0 amide bonds. The van der Waals surface area contributed by atoms with E-state index in [0.29, 0.717) is 0 Å². The number of rotatable bonds is 0. The first-order valence-electron chi connectivity index (χ1n) is 2.41. The molecule has 1 heterocycles. The smallest absolute Gasteiger partial charge is 0.0603 e. The minimum Gasteiger partial charge on any atom is -0.379 e. The molecule has 0 bridgehead atoms.